The van der Waals surface area contributed by atoms with Crippen molar-refractivity contribution >= 4 is 0 Å². The van der Waals surface area contributed by atoms with E-state index >= 15 is 0 Å². The smallest absolute Gasteiger partial charge is 0.129 e. The van der Waals surface area contributed by atoms with Crippen LogP contribution in [0.3, 0.4) is 0 Å². The van der Waals surface area contributed by atoms with Gasteiger partial charge >= 0.3 is 0 Å². The molecule has 2 N–H and O–H groups in total. The molecule has 3 rings (SSSR count). The van der Waals surface area contributed by atoms with Crippen LogP contribution in [0.2, 0.25) is 0 Å². The second-order valence-corrected chi connectivity index (χ2v) is 6.13. The highest BCUT2D eigenvalue weighted by Crippen LogP contribution is 2.47. The summed E-state index contributed by atoms with van der Waals surface area (Å²) in [7, 11) is 0. The Hall–Kier alpha value is -0.930. The van der Waals surface area contributed by atoms with Gasteiger partial charge in [0.15, 0.2) is 0 Å². The summed E-state index contributed by atoms with van der Waals surface area (Å²) in [6, 6.07) is 6.46. The van der Waals surface area contributed by atoms with Crippen LogP contribution in [-0.4, -0.2) is 18.2 Å². The number of halogens is 1. The standard InChI is InChI=1S/C16H22FNO/c17-15-4-2-1-3-14(15)16(19)10-18-9-13-8-11-5-6-12(13)7-11/h1-4,11-13,16,18-19H,5-10H2. The fraction of sp³-hybridized carbons (Fsp3) is 0.625. The van der Waals surface area contributed by atoms with E-state index in [2.05, 4.69) is 5.32 Å². The Morgan fingerprint density at radius 3 is 2.79 bits per heavy atom. The van der Waals surface area contributed by atoms with Crippen molar-refractivity contribution < 1.29 is 9.50 Å². The molecule has 104 valence electrons. The molecule has 2 aliphatic rings. The SMILES string of the molecule is OC(CNCC1CC2CCC1C2)c1ccccc1F. The molecule has 2 saturated carbocycles. The quantitative estimate of drug-likeness (QED) is 0.856. The van der Waals surface area contributed by atoms with Gasteiger partial charge in [-0.05, 0) is 49.6 Å². The topological polar surface area (TPSA) is 32.3 Å². The maximum absolute atomic E-state index is 13.5. The van der Waals surface area contributed by atoms with Crippen molar-refractivity contribution in [1.82, 2.24) is 5.32 Å². The highest BCUT2D eigenvalue weighted by atomic mass is 19.1. The van der Waals surface area contributed by atoms with Gasteiger partial charge in [0.1, 0.15) is 5.82 Å². The van der Waals surface area contributed by atoms with E-state index < -0.39 is 6.10 Å². The highest BCUT2D eigenvalue weighted by Gasteiger charge is 2.38. The van der Waals surface area contributed by atoms with E-state index in [0.717, 1.165) is 24.3 Å². The molecule has 2 bridgehead atoms. The molecule has 19 heavy (non-hydrogen) atoms. The number of hydrogen-bond acceptors (Lipinski definition) is 2. The van der Waals surface area contributed by atoms with Gasteiger partial charge in [-0.25, -0.2) is 4.39 Å². The number of nitrogens with one attached hydrogen (secondary N) is 1. The summed E-state index contributed by atoms with van der Waals surface area (Å²) in [5.74, 6) is 2.29. The Bertz CT molecular complexity index is 437. The van der Waals surface area contributed by atoms with E-state index in [1.807, 2.05) is 0 Å². The Kier molecular flexibility index (Phi) is 3.85. The third-order valence-corrected chi connectivity index (χ3v) is 4.89. The van der Waals surface area contributed by atoms with Crippen LogP contribution >= 0.6 is 0 Å². The van der Waals surface area contributed by atoms with Gasteiger partial charge in [0.05, 0.1) is 6.10 Å². The second kappa shape index (κ2) is 5.59. The molecule has 2 aliphatic carbocycles. The first-order chi connectivity index (χ1) is 9.24. The van der Waals surface area contributed by atoms with Gasteiger partial charge in [-0.15, -0.1) is 0 Å². The molecule has 0 aromatic heterocycles. The molecule has 1 aromatic carbocycles. The summed E-state index contributed by atoms with van der Waals surface area (Å²) >= 11 is 0. The van der Waals surface area contributed by atoms with E-state index in [1.165, 1.54) is 31.7 Å². The zero-order valence-corrected chi connectivity index (χ0v) is 11.2. The van der Waals surface area contributed by atoms with Crippen molar-refractivity contribution in [3.8, 4) is 0 Å². The van der Waals surface area contributed by atoms with Crippen molar-refractivity contribution in [2.24, 2.45) is 17.8 Å². The zero-order chi connectivity index (χ0) is 13.2. The summed E-state index contributed by atoms with van der Waals surface area (Å²) in [4.78, 5) is 0. The highest BCUT2D eigenvalue weighted by molar-refractivity contribution is 5.19. The lowest BCUT2D eigenvalue weighted by molar-refractivity contribution is 0.165. The van der Waals surface area contributed by atoms with Gasteiger partial charge in [0.25, 0.3) is 0 Å². The van der Waals surface area contributed by atoms with Crippen LogP contribution in [0.25, 0.3) is 0 Å². The van der Waals surface area contributed by atoms with E-state index in [0.29, 0.717) is 12.1 Å². The fourth-order valence-electron chi connectivity index (χ4n) is 3.89. The molecule has 0 radical (unpaired) electrons. The maximum atomic E-state index is 13.5. The van der Waals surface area contributed by atoms with Crippen LogP contribution < -0.4 is 5.32 Å². The minimum absolute atomic E-state index is 0.322. The first-order valence-electron chi connectivity index (χ1n) is 7.37. The minimum Gasteiger partial charge on any atom is -0.387 e. The molecule has 0 amide bonds. The lowest BCUT2D eigenvalue weighted by Gasteiger charge is -2.22. The number of benzene rings is 1. The van der Waals surface area contributed by atoms with Gasteiger partial charge in [0, 0.05) is 12.1 Å². The summed E-state index contributed by atoms with van der Waals surface area (Å²) < 4.78 is 13.5. The number of aliphatic hydroxyl groups is 1. The molecular formula is C16H22FNO. The van der Waals surface area contributed by atoms with Crippen molar-refractivity contribution in [1.29, 1.82) is 0 Å². The van der Waals surface area contributed by atoms with Crippen LogP contribution in [0.1, 0.15) is 37.4 Å². The van der Waals surface area contributed by atoms with E-state index in [4.69, 9.17) is 0 Å². The van der Waals surface area contributed by atoms with E-state index in [1.54, 1.807) is 18.2 Å². The third kappa shape index (κ3) is 2.82. The minimum atomic E-state index is -0.750. The summed E-state index contributed by atoms with van der Waals surface area (Å²) in [6.45, 7) is 1.40. The summed E-state index contributed by atoms with van der Waals surface area (Å²) in [5.41, 5.74) is 0.392. The molecular weight excluding hydrogens is 241 g/mol. The van der Waals surface area contributed by atoms with Crippen molar-refractivity contribution in [3.05, 3.63) is 35.6 Å². The van der Waals surface area contributed by atoms with Crippen molar-refractivity contribution in [2.75, 3.05) is 13.1 Å². The number of hydrogen-bond donors (Lipinski definition) is 2. The Morgan fingerprint density at radius 2 is 2.11 bits per heavy atom. The number of fused-ring (bicyclic) bond motifs is 2. The van der Waals surface area contributed by atoms with Gasteiger partial charge in [0.2, 0.25) is 0 Å². The third-order valence-electron chi connectivity index (χ3n) is 4.89. The first kappa shape index (κ1) is 13.1. The molecule has 4 atom stereocenters. The largest absolute Gasteiger partial charge is 0.387 e. The van der Waals surface area contributed by atoms with E-state index in [9.17, 15) is 9.50 Å². The molecule has 3 heteroatoms. The van der Waals surface area contributed by atoms with Gasteiger partial charge in [-0.2, -0.15) is 0 Å². The predicted molar refractivity (Wildman–Crippen MR) is 73.2 cm³/mol. The molecule has 0 heterocycles. The van der Waals surface area contributed by atoms with E-state index in [-0.39, 0.29) is 5.82 Å². The summed E-state index contributed by atoms with van der Waals surface area (Å²) in [5, 5.41) is 13.3. The molecule has 2 fully saturated rings. The molecule has 2 nitrogen and oxygen atoms in total. The van der Waals surface area contributed by atoms with Gasteiger partial charge < -0.3 is 10.4 Å². The molecule has 0 saturated heterocycles. The molecule has 4 unspecified atom stereocenters. The fourth-order valence-corrected chi connectivity index (χ4v) is 3.89. The van der Waals surface area contributed by atoms with Crippen molar-refractivity contribution in [2.45, 2.75) is 31.8 Å². The second-order valence-electron chi connectivity index (χ2n) is 6.13. The normalized spacial score (nSPS) is 30.7. The lowest BCUT2D eigenvalue weighted by Crippen LogP contribution is -2.30. The predicted octanol–water partition coefficient (Wildman–Crippen LogP) is 2.88. The first-order valence-corrected chi connectivity index (χ1v) is 7.37. The van der Waals surface area contributed by atoms with Crippen LogP contribution in [0.5, 0.6) is 0 Å². The Morgan fingerprint density at radius 1 is 1.26 bits per heavy atom. The summed E-state index contributed by atoms with van der Waals surface area (Å²) in [6.07, 6.45) is 4.79. The average molecular weight is 263 g/mol. The van der Waals surface area contributed by atoms with Crippen LogP contribution in [0.4, 0.5) is 4.39 Å². The maximum Gasteiger partial charge on any atom is 0.129 e. The van der Waals surface area contributed by atoms with Gasteiger partial charge in [-0.3, -0.25) is 0 Å². The van der Waals surface area contributed by atoms with Crippen LogP contribution in [0, 0.1) is 23.6 Å². The van der Waals surface area contributed by atoms with Crippen molar-refractivity contribution in [3.63, 3.8) is 0 Å². The number of rotatable bonds is 5. The molecule has 1 aromatic rings. The van der Waals surface area contributed by atoms with Crippen LogP contribution in [0.15, 0.2) is 24.3 Å². The van der Waals surface area contributed by atoms with Gasteiger partial charge in [-0.1, -0.05) is 24.6 Å². The van der Waals surface area contributed by atoms with Crippen LogP contribution in [-0.2, 0) is 0 Å². The Balaban J connectivity index is 1.46. The molecule has 0 spiro atoms. The number of aliphatic hydroxyl groups excluding tert-OH is 1. The lowest BCUT2D eigenvalue weighted by atomic mass is 9.89. The molecule has 0 aliphatic heterocycles. The average Bonchev–Trinajstić information content (AvgIpc) is 3.01. The monoisotopic (exact) mass is 263 g/mol. The Labute approximate surface area is 114 Å². The zero-order valence-electron chi connectivity index (χ0n) is 11.2.